The fourth-order valence-electron chi connectivity index (χ4n) is 5.95. The number of aliphatic hydroxyl groups is 2. The van der Waals surface area contributed by atoms with Crippen molar-refractivity contribution in [3.8, 4) is 0 Å². The van der Waals surface area contributed by atoms with Gasteiger partial charge < -0.3 is 15.5 Å². The van der Waals surface area contributed by atoms with E-state index < -0.39 is 12.1 Å². The van der Waals surface area contributed by atoms with Crippen molar-refractivity contribution in [2.24, 2.45) is 0 Å². The summed E-state index contributed by atoms with van der Waals surface area (Å²) in [5.41, 5.74) is 0. The van der Waals surface area contributed by atoms with Crippen LogP contribution in [0.3, 0.4) is 0 Å². The number of unbranched alkanes of at least 4 members (excludes halogenated alkanes) is 27. The van der Waals surface area contributed by atoms with Crippen LogP contribution in [0.25, 0.3) is 0 Å². The van der Waals surface area contributed by atoms with Crippen molar-refractivity contribution in [1.82, 2.24) is 5.32 Å². The van der Waals surface area contributed by atoms with Crippen LogP contribution < -0.4 is 5.32 Å². The normalized spacial score (nSPS) is 13.0. The van der Waals surface area contributed by atoms with E-state index in [0.717, 1.165) is 25.7 Å². The van der Waals surface area contributed by atoms with Gasteiger partial charge in [-0.25, -0.2) is 0 Å². The van der Waals surface area contributed by atoms with E-state index in [1.54, 1.807) is 0 Å². The van der Waals surface area contributed by atoms with Crippen LogP contribution in [-0.2, 0) is 4.79 Å². The van der Waals surface area contributed by atoms with Gasteiger partial charge in [0.05, 0.1) is 18.8 Å². The lowest BCUT2D eigenvalue weighted by atomic mass is 10.0. The predicted molar refractivity (Wildman–Crippen MR) is 179 cm³/mol. The Hall–Kier alpha value is -0.610. The molecule has 0 aromatic rings. The molecule has 0 fully saturated rings. The first-order valence-electron chi connectivity index (χ1n) is 18.7. The Morgan fingerprint density at radius 3 is 1.10 bits per heavy atom. The Morgan fingerprint density at radius 2 is 0.780 bits per heavy atom. The number of hydrogen-bond donors (Lipinski definition) is 3. The summed E-state index contributed by atoms with van der Waals surface area (Å²) in [6.07, 6.45) is 38.8. The number of carbonyl (C=O) groups excluding carboxylic acids is 1. The first-order chi connectivity index (χ1) is 20.2. The maximum atomic E-state index is 12.3. The van der Waals surface area contributed by atoms with Crippen LogP contribution in [0.5, 0.6) is 0 Å². The van der Waals surface area contributed by atoms with Crippen molar-refractivity contribution >= 4 is 5.91 Å². The maximum Gasteiger partial charge on any atom is 0.220 e. The van der Waals surface area contributed by atoms with Crippen molar-refractivity contribution in [2.75, 3.05) is 6.61 Å². The minimum absolute atomic E-state index is 0.0300. The quantitative estimate of drug-likeness (QED) is 0.0662. The molecule has 4 heteroatoms. The van der Waals surface area contributed by atoms with Gasteiger partial charge in [0.2, 0.25) is 5.91 Å². The van der Waals surface area contributed by atoms with Crippen LogP contribution >= 0.6 is 0 Å². The fourth-order valence-corrected chi connectivity index (χ4v) is 5.95. The van der Waals surface area contributed by atoms with E-state index in [1.165, 1.54) is 161 Å². The summed E-state index contributed by atoms with van der Waals surface area (Å²) in [7, 11) is 0. The van der Waals surface area contributed by atoms with Crippen LogP contribution in [0.15, 0.2) is 0 Å². The molecule has 0 aliphatic heterocycles. The molecular formula is C37H75NO3. The van der Waals surface area contributed by atoms with E-state index in [9.17, 15) is 15.0 Å². The Bertz CT molecular complexity index is 512. The van der Waals surface area contributed by atoms with Gasteiger partial charge in [0.25, 0.3) is 0 Å². The molecule has 2 unspecified atom stereocenters. The van der Waals surface area contributed by atoms with Gasteiger partial charge in [0, 0.05) is 6.42 Å². The summed E-state index contributed by atoms with van der Waals surface area (Å²) in [5, 5.41) is 22.9. The summed E-state index contributed by atoms with van der Waals surface area (Å²) >= 11 is 0. The second kappa shape index (κ2) is 33.9. The van der Waals surface area contributed by atoms with Crippen molar-refractivity contribution in [1.29, 1.82) is 0 Å². The smallest absolute Gasteiger partial charge is 0.220 e. The average molecular weight is 582 g/mol. The zero-order valence-electron chi connectivity index (χ0n) is 28.1. The van der Waals surface area contributed by atoms with Crippen LogP contribution in [0, 0.1) is 0 Å². The Balaban J connectivity index is 3.45. The molecule has 0 bridgehead atoms. The zero-order chi connectivity index (χ0) is 30.1. The lowest BCUT2D eigenvalue weighted by molar-refractivity contribution is -0.123. The molecular weight excluding hydrogens is 506 g/mol. The second-order valence-corrected chi connectivity index (χ2v) is 13.0. The van der Waals surface area contributed by atoms with Crippen molar-refractivity contribution in [2.45, 2.75) is 225 Å². The van der Waals surface area contributed by atoms with Gasteiger partial charge in [-0.1, -0.05) is 194 Å². The molecule has 0 saturated carbocycles. The number of amides is 1. The van der Waals surface area contributed by atoms with E-state index in [1.807, 2.05) is 0 Å². The molecule has 0 aromatic heterocycles. The number of hydrogen-bond acceptors (Lipinski definition) is 3. The van der Waals surface area contributed by atoms with Crippen molar-refractivity contribution in [3.05, 3.63) is 0 Å². The highest BCUT2D eigenvalue weighted by Crippen LogP contribution is 2.16. The molecule has 0 aliphatic rings. The molecule has 246 valence electrons. The van der Waals surface area contributed by atoms with Gasteiger partial charge in [-0.15, -0.1) is 0 Å². The highest BCUT2D eigenvalue weighted by atomic mass is 16.3. The third kappa shape index (κ3) is 30.6. The molecule has 0 radical (unpaired) electrons. The number of aliphatic hydroxyl groups excluding tert-OH is 2. The topological polar surface area (TPSA) is 69.6 Å². The molecule has 0 heterocycles. The fraction of sp³-hybridized carbons (Fsp3) is 0.973. The Kier molecular flexibility index (Phi) is 33.4. The summed E-state index contributed by atoms with van der Waals surface area (Å²) < 4.78 is 0. The Labute approximate surface area is 257 Å². The number of rotatable bonds is 34. The largest absolute Gasteiger partial charge is 0.394 e. The van der Waals surface area contributed by atoms with E-state index in [0.29, 0.717) is 12.8 Å². The minimum atomic E-state index is -0.650. The minimum Gasteiger partial charge on any atom is -0.394 e. The predicted octanol–water partition coefficient (Wildman–Crippen LogP) is 11.0. The highest BCUT2D eigenvalue weighted by Gasteiger charge is 2.19. The third-order valence-corrected chi connectivity index (χ3v) is 8.87. The van der Waals surface area contributed by atoms with Crippen LogP contribution in [-0.4, -0.2) is 34.9 Å². The molecule has 4 nitrogen and oxygen atoms in total. The summed E-state index contributed by atoms with van der Waals surface area (Å²) in [4.78, 5) is 12.3. The molecule has 0 aromatic carbocycles. The van der Waals surface area contributed by atoms with Gasteiger partial charge in [0.1, 0.15) is 0 Å². The number of nitrogens with one attached hydrogen (secondary N) is 1. The van der Waals surface area contributed by atoms with Gasteiger partial charge in [-0.2, -0.15) is 0 Å². The molecule has 2 atom stereocenters. The molecule has 0 aliphatic carbocycles. The first-order valence-corrected chi connectivity index (χ1v) is 18.7. The molecule has 0 spiro atoms. The van der Waals surface area contributed by atoms with Crippen LogP contribution in [0.4, 0.5) is 0 Å². The summed E-state index contributed by atoms with van der Waals surface area (Å²) in [5.74, 6) is -0.0300. The average Bonchev–Trinajstić information content (AvgIpc) is 2.97. The monoisotopic (exact) mass is 582 g/mol. The summed E-state index contributed by atoms with van der Waals surface area (Å²) in [6, 6.07) is -0.526. The van der Waals surface area contributed by atoms with Crippen molar-refractivity contribution in [3.63, 3.8) is 0 Å². The van der Waals surface area contributed by atoms with Gasteiger partial charge in [0.15, 0.2) is 0 Å². The van der Waals surface area contributed by atoms with Gasteiger partial charge in [-0.05, 0) is 12.8 Å². The number of carbonyl (C=O) groups is 1. The highest BCUT2D eigenvalue weighted by molar-refractivity contribution is 5.76. The van der Waals surface area contributed by atoms with E-state index in [4.69, 9.17) is 0 Å². The van der Waals surface area contributed by atoms with Crippen LogP contribution in [0.1, 0.15) is 213 Å². The SMILES string of the molecule is CCCCCCCCCCCCCCCCCCCCCCC(=O)NC(CO)C(O)CCCCCCCCCCC. The summed E-state index contributed by atoms with van der Waals surface area (Å²) in [6.45, 7) is 4.34. The van der Waals surface area contributed by atoms with Gasteiger partial charge in [-0.3, -0.25) is 4.79 Å². The molecule has 1 amide bonds. The first kappa shape index (κ1) is 40.4. The lowest BCUT2D eigenvalue weighted by Gasteiger charge is -2.22. The third-order valence-electron chi connectivity index (χ3n) is 8.87. The lowest BCUT2D eigenvalue weighted by Crippen LogP contribution is -2.45. The van der Waals surface area contributed by atoms with Crippen molar-refractivity contribution < 1.29 is 15.0 Å². The van der Waals surface area contributed by atoms with E-state index >= 15 is 0 Å². The second-order valence-electron chi connectivity index (χ2n) is 13.0. The molecule has 3 N–H and O–H groups in total. The Morgan fingerprint density at radius 1 is 0.488 bits per heavy atom. The molecule has 41 heavy (non-hydrogen) atoms. The zero-order valence-corrected chi connectivity index (χ0v) is 28.1. The van der Waals surface area contributed by atoms with E-state index in [-0.39, 0.29) is 12.5 Å². The molecule has 0 saturated heterocycles. The van der Waals surface area contributed by atoms with E-state index in [2.05, 4.69) is 19.2 Å². The van der Waals surface area contributed by atoms with Crippen LogP contribution in [0.2, 0.25) is 0 Å². The van der Waals surface area contributed by atoms with Gasteiger partial charge >= 0.3 is 0 Å². The molecule has 0 rings (SSSR count). The maximum absolute atomic E-state index is 12.3. The standard InChI is InChI=1S/C37H75NO3/c1-3-5-7-9-11-13-14-15-16-17-18-19-20-21-22-23-25-27-29-31-33-37(41)38-35(34-39)36(40)32-30-28-26-24-12-10-8-6-4-2/h35-36,39-40H,3-34H2,1-2H3,(H,38,41).